The fourth-order valence-electron chi connectivity index (χ4n) is 3.20. The van der Waals surface area contributed by atoms with E-state index in [0.717, 1.165) is 28.1 Å². The van der Waals surface area contributed by atoms with Gasteiger partial charge in [-0.25, -0.2) is 4.98 Å². The summed E-state index contributed by atoms with van der Waals surface area (Å²) in [6.45, 7) is 0.493. The molecule has 33 heavy (non-hydrogen) atoms. The third-order valence-corrected chi connectivity index (χ3v) is 5.91. The number of methoxy groups -OCH3 is 1. The molecule has 1 amide bonds. The van der Waals surface area contributed by atoms with Crippen LogP contribution in [0.1, 0.15) is 21.5 Å². The standard InChI is InChI=1S/C24H20F3N3O2S/c1-32-19-9-2-15(3-10-19)12-13-28-22(31)16-4-11-20-21(14-16)33-23(30-20)29-18-7-5-17(6-8-18)24(25,26)27/h2-11,14H,12-13H2,1H3,(H,28,31)(H,29,30). The van der Waals surface area contributed by atoms with Crippen LogP contribution in [0, 0.1) is 0 Å². The maximum Gasteiger partial charge on any atom is 0.416 e. The second-order valence-electron chi connectivity index (χ2n) is 7.26. The van der Waals surface area contributed by atoms with Gasteiger partial charge in [-0.15, -0.1) is 0 Å². The Morgan fingerprint density at radius 2 is 1.76 bits per heavy atom. The molecule has 2 N–H and O–H groups in total. The van der Waals surface area contributed by atoms with Gasteiger partial charge in [0.15, 0.2) is 5.13 Å². The summed E-state index contributed by atoms with van der Waals surface area (Å²) in [4.78, 5) is 17.0. The van der Waals surface area contributed by atoms with Crippen LogP contribution in [0.5, 0.6) is 5.75 Å². The highest BCUT2D eigenvalue weighted by atomic mass is 32.1. The van der Waals surface area contributed by atoms with Crippen LogP contribution in [0.25, 0.3) is 10.2 Å². The van der Waals surface area contributed by atoms with Crippen molar-refractivity contribution in [2.45, 2.75) is 12.6 Å². The van der Waals surface area contributed by atoms with Crippen LogP contribution in [0.3, 0.4) is 0 Å². The van der Waals surface area contributed by atoms with Gasteiger partial charge in [-0.1, -0.05) is 23.5 Å². The van der Waals surface area contributed by atoms with Gasteiger partial charge in [-0.3, -0.25) is 4.79 Å². The zero-order valence-electron chi connectivity index (χ0n) is 17.6. The number of amides is 1. The van der Waals surface area contributed by atoms with Gasteiger partial charge in [0, 0.05) is 17.8 Å². The number of rotatable bonds is 7. The molecule has 1 heterocycles. The molecule has 3 aromatic carbocycles. The quantitative estimate of drug-likeness (QED) is 0.345. The summed E-state index contributed by atoms with van der Waals surface area (Å²) in [5, 5.41) is 6.45. The molecule has 0 aliphatic rings. The molecule has 4 aromatic rings. The van der Waals surface area contributed by atoms with Crippen molar-refractivity contribution in [3.63, 3.8) is 0 Å². The fourth-order valence-corrected chi connectivity index (χ4v) is 4.13. The van der Waals surface area contributed by atoms with E-state index in [1.807, 2.05) is 24.3 Å². The van der Waals surface area contributed by atoms with Crippen molar-refractivity contribution in [3.8, 4) is 5.75 Å². The van der Waals surface area contributed by atoms with E-state index in [2.05, 4.69) is 15.6 Å². The zero-order chi connectivity index (χ0) is 23.4. The van der Waals surface area contributed by atoms with Gasteiger partial charge in [0.2, 0.25) is 0 Å². The van der Waals surface area contributed by atoms with E-state index in [0.29, 0.717) is 34.9 Å². The first-order valence-corrected chi connectivity index (χ1v) is 10.9. The highest BCUT2D eigenvalue weighted by molar-refractivity contribution is 7.22. The normalized spacial score (nSPS) is 11.4. The van der Waals surface area contributed by atoms with Crippen LogP contribution in [-0.4, -0.2) is 24.5 Å². The number of fused-ring (bicyclic) bond motifs is 1. The lowest BCUT2D eigenvalue weighted by Crippen LogP contribution is -2.25. The third-order valence-electron chi connectivity index (χ3n) is 4.97. The van der Waals surface area contributed by atoms with E-state index in [4.69, 9.17) is 4.74 Å². The third kappa shape index (κ3) is 5.61. The molecule has 1 aromatic heterocycles. The number of halogens is 3. The first-order valence-electron chi connectivity index (χ1n) is 10.1. The largest absolute Gasteiger partial charge is 0.497 e. The van der Waals surface area contributed by atoms with E-state index in [9.17, 15) is 18.0 Å². The van der Waals surface area contributed by atoms with Gasteiger partial charge in [0.25, 0.3) is 5.91 Å². The van der Waals surface area contributed by atoms with Crippen LogP contribution < -0.4 is 15.4 Å². The average Bonchev–Trinajstić information content (AvgIpc) is 3.20. The molecule has 0 spiro atoms. The molecule has 0 aliphatic carbocycles. The molecule has 4 rings (SSSR count). The van der Waals surface area contributed by atoms with Crippen LogP contribution in [-0.2, 0) is 12.6 Å². The number of hydrogen-bond donors (Lipinski definition) is 2. The van der Waals surface area contributed by atoms with Crippen molar-refractivity contribution < 1.29 is 22.7 Å². The molecule has 5 nitrogen and oxygen atoms in total. The summed E-state index contributed by atoms with van der Waals surface area (Å²) in [7, 11) is 1.61. The van der Waals surface area contributed by atoms with E-state index in [1.165, 1.54) is 23.5 Å². The SMILES string of the molecule is COc1ccc(CCNC(=O)c2ccc3nc(Nc4ccc(C(F)(F)F)cc4)sc3c2)cc1. The Labute approximate surface area is 192 Å². The topological polar surface area (TPSA) is 63.2 Å². The van der Waals surface area contributed by atoms with E-state index < -0.39 is 11.7 Å². The molecule has 0 bridgehead atoms. The summed E-state index contributed by atoms with van der Waals surface area (Å²) < 4.78 is 44.1. The van der Waals surface area contributed by atoms with Crippen molar-refractivity contribution in [1.29, 1.82) is 0 Å². The van der Waals surface area contributed by atoms with Crippen LogP contribution in [0.4, 0.5) is 24.0 Å². The average molecular weight is 472 g/mol. The number of thiazole rings is 1. The molecule has 0 saturated carbocycles. The fraction of sp³-hybridized carbons (Fsp3) is 0.167. The van der Waals surface area contributed by atoms with Gasteiger partial charge < -0.3 is 15.4 Å². The highest BCUT2D eigenvalue weighted by Gasteiger charge is 2.29. The Morgan fingerprint density at radius 1 is 1.03 bits per heavy atom. The second-order valence-corrected chi connectivity index (χ2v) is 8.29. The summed E-state index contributed by atoms with van der Waals surface area (Å²) in [6, 6.07) is 17.6. The van der Waals surface area contributed by atoms with Crippen LogP contribution in [0.2, 0.25) is 0 Å². The lowest BCUT2D eigenvalue weighted by molar-refractivity contribution is -0.137. The molecule has 0 aliphatic heterocycles. The van der Waals surface area contributed by atoms with Crippen molar-refractivity contribution in [1.82, 2.24) is 10.3 Å². The Hall–Kier alpha value is -3.59. The first kappa shape index (κ1) is 22.6. The Morgan fingerprint density at radius 3 is 2.42 bits per heavy atom. The van der Waals surface area contributed by atoms with Crippen LogP contribution >= 0.6 is 11.3 Å². The monoisotopic (exact) mass is 471 g/mol. The molecule has 0 radical (unpaired) electrons. The maximum absolute atomic E-state index is 12.7. The first-order chi connectivity index (χ1) is 15.8. The van der Waals surface area contributed by atoms with Crippen molar-refractivity contribution in [2.24, 2.45) is 0 Å². The van der Waals surface area contributed by atoms with E-state index in [1.54, 1.807) is 25.3 Å². The number of aromatic nitrogens is 1. The van der Waals surface area contributed by atoms with Gasteiger partial charge in [-0.05, 0) is 66.6 Å². The van der Waals surface area contributed by atoms with Crippen molar-refractivity contribution in [3.05, 3.63) is 83.4 Å². The lowest BCUT2D eigenvalue weighted by atomic mass is 10.1. The number of carbonyl (C=O) groups excluding carboxylic acids is 1. The van der Waals surface area contributed by atoms with Gasteiger partial charge in [0.1, 0.15) is 5.75 Å². The van der Waals surface area contributed by atoms with Crippen molar-refractivity contribution >= 4 is 38.3 Å². The molecule has 170 valence electrons. The van der Waals surface area contributed by atoms with Gasteiger partial charge >= 0.3 is 6.18 Å². The number of hydrogen-bond acceptors (Lipinski definition) is 5. The Balaban J connectivity index is 1.38. The zero-order valence-corrected chi connectivity index (χ0v) is 18.4. The van der Waals surface area contributed by atoms with Gasteiger partial charge in [0.05, 0.1) is 22.9 Å². The molecule has 9 heteroatoms. The predicted molar refractivity (Wildman–Crippen MR) is 123 cm³/mol. The summed E-state index contributed by atoms with van der Waals surface area (Å²) in [5.41, 5.74) is 2.10. The molecular weight excluding hydrogens is 451 g/mol. The summed E-state index contributed by atoms with van der Waals surface area (Å²) >= 11 is 1.32. The molecular formula is C24H20F3N3O2S. The molecule has 0 saturated heterocycles. The van der Waals surface area contributed by atoms with Crippen molar-refractivity contribution in [2.75, 3.05) is 19.0 Å². The number of carbonyl (C=O) groups is 1. The smallest absolute Gasteiger partial charge is 0.416 e. The minimum absolute atomic E-state index is 0.184. The minimum Gasteiger partial charge on any atom is -0.497 e. The second kappa shape index (κ2) is 9.50. The molecule has 0 atom stereocenters. The number of anilines is 2. The maximum atomic E-state index is 12.7. The van der Waals surface area contributed by atoms with Crippen LogP contribution in [0.15, 0.2) is 66.7 Å². The molecule has 0 fully saturated rings. The molecule has 0 unspecified atom stereocenters. The Kier molecular flexibility index (Phi) is 6.50. The minimum atomic E-state index is -4.37. The number of alkyl halides is 3. The predicted octanol–water partition coefficient (Wildman–Crippen LogP) is 6.04. The van der Waals surface area contributed by atoms with E-state index in [-0.39, 0.29) is 5.91 Å². The lowest BCUT2D eigenvalue weighted by Gasteiger charge is -2.07. The van der Waals surface area contributed by atoms with Gasteiger partial charge in [-0.2, -0.15) is 13.2 Å². The summed E-state index contributed by atoms with van der Waals surface area (Å²) in [5.74, 6) is 0.601. The van der Waals surface area contributed by atoms with E-state index >= 15 is 0 Å². The number of nitrogens with zero attached hydrogens (tertiary/aromatic N) is 1. The Bertz CT molecular complexity index is 1250. The highest BCUT2D eigenvalue weighted by Crippen LogP contribution is 2.32. The number of benzene rings is 3. The number of ether oxygens (including phenoxy) is 1. The summed E-state index contributed by atoms with van der Waals surface area (Å²) in [6.07, 6.45) is -3.68. The number of nitrogens with one attached hydrogen (secondary N) is 2.